The van der Waals surface area contributed by atoms with Crippen LogP contribution >= 0.6 is 0 Å². The van der Waals surface area contributed by atoms with Crippen LogP contribution in [0.5, 0.6) is 0 Å². The van der Waals surface area contributed by atoms with Crippen molar-refractivity contribution < 1.29 is 9.68 Å². The molecule has 0 aromatic heterocycles. The lowest BCUT2D eigenvalue weighted by molar-refractivity contribution is -0.400. The predicted molar refractivity (Wildman–Crippen MR) is 64.4 cm³/mol. The van der Waals surface area contributed by atoms with E-state index in [4.69, 9.17) is 9.68 Å². The monoisotopic (exact) mass is 223 g/mol. The van der Waals surface area contributed by atoms with E-state index in [1.807, 2.05) is 45.9 Å². The van der Waals surface area contributed by atoms with Crippen LogP contribution in [0.2, 0.25) is 0 Å². The van der Waals surface area contributed by atoms with Crippen LogP contribution in [-0.4, -0.2) is 17.4 Å². The van der Waals surface area contributed by atoms with Gasteiger partial charge in [-0.3, -0.25) is 9.68 Å². The van der Waals surface area contributed by atoms with Crippen molar-refractivity contribution in [3.8, 4) is 0 Å². The van der Waals surface area contributed by atoms with Crippen LogP contribution in [0.3, 0.4) is 0 Å². The molecule has 0 fully saturated rings. The first-order valence-corrected chi connectivity index (χ1v) is 5.73. The van der Waals surface area contributed by atoms with E-state index in [0.717, 1.165) is 0 Å². The Morgan fingerprint density at radius 3 is 1.88 bits per heavy atom. The molecule has 0 saturated heterocycles. The van der Waals surface area contributed by atoms with Gasteiger partial charge in [0.2, 0.25) is 0 Å². The van der Waals surface area contributed by atoms with Crippen molar-refractivity contribution in [2.75, 3.05) is 0 Å². The Hall–Kier alpha value is -0.900. The van der Waals surface area contributed by atoms with Crippen molar-refractivity contribution in [2.45, 2.75) is 46.4 Å². The smallest absolute Gasteiger partial charge is 0.0767 e. The van der Waals surface area contributed by atoms with Gasteiger partial charge in [-0.05, 0) is 33.3 Å². The highest BCUT2D eigenvalue weighted by molar-refractivity contribution is 5.13. The molecule has 0 spiro atoms. The Labute approximate surface area is 97.9 Å². The third kappa shape index (κ3) is 5.26. The summed E-state index contributed by atoms with van der Waals surface area (Å²) in [6.07, 6.45) is 0.227. The van der Waals surface area contributed by atoms with Crippen molar-refractivity contribution in [3.63, 3.8) is 0 Å². The van der Waals surface area contributed by atoms with Crippen LogP contribution in [-0.2, 0) is 16.2 Å². The molecule has 0 heterocycles. The zero-order valence-corrected chi connectivity index (χ0v) is 10.5. The van der Waals surface area contributed by atoms with Crippen molar-refractivity contribution in [3.05, 3.63) is 35.9 Å². The standard InChI is InChI=1S/C13H21NO2/c1-11(2)15-14(16-12(3)4)10-13-8-6-5-7-9-13/h5-9,11-12H,10H2,1-4H3. The Morgan fingerprint density at radius 2 is 1.44 bits per heavy atom. The average Bonchev–Trinajstić information content (AvgIpc) is 2.16. The summed E-state index contributed by atoms with van der Waals surface area (Å²) in [5.41, 5.74) is 1.17. The van der Waals surface area contributed by atoms with E-state index in [-0.39, 0.29) is 12.2 Å². The maximum Gasteiger partial charge on any atom is 0.0767 e. The molecular weight excluding hydrogens is 202 g/mol. The van der Waals surface area contributed by atoms with Crippen molar-refractivity contribution in [1.29, 1.82) is 0 Å². The van der Waals surface area contributed by atoms with Gasteiger partial charge in [-0.1, -0.05) is 35.6 Å². The van der Waals surface area contributed by atoms with Crippen molar-refractivity contribution in [2.24, 2.45) is 0 Å². The zero-order chi connectivity index (χ0) is 12.0. The van der Waals surface area contributed by atoms with Gasteiger partial charge in [0.1, 0.15) is 0 Å². The molecule has 0 radical (unpaired) electrons. The van der Waals surface area contributed by atoms with E-state index in [1.54, 1.807) is 5.23 Å². The first-order chi connectivity index (χ1) is 7.58. The van der Waals surface area contributed by atoms with E-state index in [2.05, 4.69) is 12.1 Å². The molecule has 1 aromatic carbocycles. The lowest BCUT2D eigenvalue weighted by atomic mass is 10.2. The van der Waals surface area contributed by atoms with Crippen LogP contribution in [0.15, 0.2) is 30.3 Å². The molecule has 0 unspecified atom stereocenters. The number of hydrogen-bond acceptors (Lipinski definition) is 3. The second kappa shape index (κ2) is 6.63. The fraction of sp³-hybridized carbons (Fsp3) is 0.538. The number of hydroxylamine groups is 2. The summed E-state index contributed by atoms with van der Waals surface area (Å²) in [6.45, 7) is 8.59. The largest absolute Gasteiger partial charge is 0.271 e. The summed E-state index contributed by atoms with van der Waals surface area (Å²) in [5.74, 6) is 0. The van der Waals surface area contributed by atoms with Gasteiger partial charge in [-0.2, -0.15) is 0 Å². The highest BCUT2D eigenvalue weighted by Gasteiger charge is 2.11. The van der Waals surface area contributed by atoms with E-state index >= 15 is 0 Å². The van der Waals surface area contributed by atoms with Gasteiger partial charge in [-0.15, -0.1) is 0 Å². The molecular formula is C13H21NO2. The summed E-state index contributed by atoms with van der Waals surface area (Å²) in [6, 6.07) is 10.1. The van der Waals surface area contributed by atoms with Gasteiger partial charge in [0.15, 0.2) is 0 Å². The summed E-state index contributed by atoms with van der Waals surface area (Å²) in [5, 5.41) is 1.56. The Balaban J connectivity index is 2.56. The molecule has 0 aliphatic carbocycles. The SMILES string of the molecule is CC(C)ON(Cc1ccccc1)OC(C)C. The van der Waals surface area contributed by atoms with Gasteiger partial charge in [-0.25, -0.2) is 0 Å². The first-order valence-electron chi connectivity index (χ1n) is 5.73. The minimum absolute atomic E-state index is 0.113. The first kappa shape index (κ1) is 13.2. The second-order valence-corrected chi connectivity index (χ2v) is 4.28. The van der Waals surface area contributed by atoms with E-state index < -0.39 is 0 Å². The molecule has 0 N–H and O–H groups in total. The molecule has 0 amide bonds. The molecule has 0 saturated carbocycles. The van der Waals surface area contributed by atoms with Gasteiger partial charge >= 0.3 is 0 Å². The third-order valence-electron chi connectivity index (χ3n) is 1.81. The Morgan fingerprint density at radius 1 is 0.938 bits per heavy atom. The highest BCUT2D eigenvalue weighted by Crippen LogP contribution is 2.09. The fourth-order valence-corrected chi connectivity index (χ4v) is 1.30. The summed E-state index contributed by atoms with van der Waals surface area (Å²) >= 11 is 0. The van der Waals surface area contributed by atoms with Gasteiger partial charge < -0.3 is 0 Å². The summed E-state index contributed by atoms with van der Waals surface area (Å²) < 4.78 is 0. The van der Waals surface area contributed by atoms with E-state index in [1.165, 1.54) is 5.56 Å². The quantitative estimate of drug-likeness (QED) is 0.691. The lowest BCUT2D eigenvalue weighted by Crippen LogP contribution is -2.30. The number of benzene rings is 1. The average molecular weight is 223 g/mol. The Bertz CT molecular complexity index is 275. The third-order valence-corrected chi connectivity index (χ3v) is 1.81. The fourth-order valence-electron chi connectivity index (χ4n) is 1.30. The molecule has 0 aliphatic heterocycles. The molecule has 0 bridgehead atoms. The highest BCUT2D eigenvalue weighted by atomic mass is 17.0. The molecule has 3 heteroatoms. The predicted octanol–water partition coefficient (Wildman–Crippen LogP) is 3.17. The topological polar surface area (TPSA) is 21.7 Å². The van der Waals surface area contributed by atoms with Gasteiger partial charge in [0.25, 0.3) is 0 Å². The number of rotatable bonds is 6. The molecule has 90 valence electrons. The molecule has 0 atom stereocenters. The van der Waals surface area contributed by atoms with Gasteiger partial charge in [0, 0.05) is 0 Å². The van der Waals surface area contributed by atoms with Crippen LogP contribution < -0.4 is 0 Å². The summed E-state index contributed by atoms with van der Waals surface area (Å²) in [4.78, 5) is 11.2. The number of nitrogens with zero attached hydrogens (tertiary/aromatic N) is 1. The lowest BCUT2D eigenvalue weighted by Gasteiger charge is -2.24. The molecule has 3 nitrogen and oxygen atoms in total. The molecule has 1 rings (SSSR count). The maximum atomic E-state index is 5.58. The van der Waals surface area contributed by atoms with Gasteiger partial charge in [0.05, 0.1) is 18.8 Å². The molecule has 1 aromatic rings. The molecule has 0 aliphatic rings. The molecule has 16 heavy (non-hydrogen) atoms. The van der Waals surface area contributed by atoms with Crippen LogP contribution in [0.25, 0.3) is 0 Å². The summed E-state index contributed by atoms with van der Waals surface area (Å²) in [7, 11) is 0. The maximum absolute atomic E-state index is 5.58. The Kier molecular flexibility index (Phi) is 5.46. The zero-order valence-electron chi connectivity index (χ0n) is 10.5. The number of hydrogen-bond donors (Lipinski definition) is 0. The van der Waals surface area contributed by atoms with Crippen LogP contribution in [0.1, 0.15) is 33.3 Å². The van der Waals surface area contributed by atoms with Crippen molar-refractivity contribution in [1.82, 2.24) is 5.23 Å². The second-order valence-electron chi connectivity index (χ2n) is 4.28. The van der Waals surface area contributed by atoms with Crippen LogP contribution in [0, 0.1) is 0 Å². The van der Waals surface area contributed by atoms with Crippen LogP contribution in [0.4, 0.5) is 0 Å². The van der Waals surface area contributed by atoms with E-state index in [9.17, 15) is 0 Å². The minimum atomic E-state index is 0.113. The van der Waals surface area contributed by atoms with E-state index in [0.29, 0.717) is 6.54 Å². The van der Waals surface area contributed by atoms with Crippen molar-refractivity contribution >= 4 is 0 Å². The minimum Gasteiger partial charge on any atom is -0.271 e. The normalized spacial score (nSPS) is 11.7.